The van der Waals surface area contributed by atoms with Gasteiger partial charge in [0.05, 0.1) is 0 Å². The van der Waals surface area contributed by atoms with Crippen LogP contribution in [0.5, 0.6) is 0 Å². The lowest BCUT2D eigenvalue weighted by molar-refractivity contribution is -0.129. The maximum atomic E-state index is 13.8. The molecule has 5 fully saturated rings. The molecule has 0 radical (unpaired) electrons. The van der Waals surface area contributed by atoms with Gasteiger partial charge in [-0.3, -0.25) is 19.2 Å². The molecule has 2 aromatic carbocycles. The van der Waals surface area contributed by atoms with Crippen molar-refractivity contribution >= 4 is 33.9 Å². The van der Waals surface area contributed by atoms with Gasteiger partial charge < -0.3 is 0 Å². The Morgan fingerprint density at radius 3 is 2.06 bits per heavy atom. The standard InChI is InChI=1S/C32H32O4/c33-29-20-6-2-1-5-18(20)22-13-26-23(14-25(22)29)19-9-8-15(11-24(19)30(26)34)17-10-16-4-3-7-21-28(16)27(12-17)32(36)31(21)35/h3-4,7,10,12,15,18-20,22-26H,1-2,5-6,8-9,11,13-14H2. The van der Waals surface area contributed by atoms with E-state index in [2.05, 4.69) is 6.07 Å². The van der Waals surface area contributed by atoms with Gasteiger partial charge in [0.2, 0.25) is 11.6 Å². The predicted molar refractivity (Wildman–Crippen MR) is 135 cm³/mol. The van der Waals surface area contributed by atoms with Crippen molar-refractivity contribution in [2.75, 3.05) is 0 Å². The maximum Gasteiger partial charge on any atom is 0.234 e. The second kappa shape index (κ2) is 7.46. The number of fused-ring (bicyclic) bond motifs is 6. The molecule has 9 atom stereocenters. The molecule has 184 valence electrons. The third-order valence-corrected chi connectivity index (χ3v) is 11.5. The largest absolute Gasteiger partial charge is 0.299 e. The summed E-state index contributed by atoms with van der Waals surface area (Å²) in [6.07, 6.45) is 9.51. The molecule has 0 spiro atoms. The van der Waals surface area contributed by atoms with Crippen LogP contribution in [0.25, 0.3) is 10.8 Å². The third-order valence-electron chi connectivity index (χ3n) is 11.5. The number of carbonyl (C=O) groups is 4. The topological polar surface area (TPSA) is 68.3 Å². The fraction of sp³-hybridized carbons (Fsp3) is 0.562. The van der Waals surface area contributed by atoms with Crippen LogP contribution in [-0.4, -0.2) is 23.1 Å². The monoisotopic (exact) mass is 480 g/mol. The van der Waals surface area contributed by atoms with Gasteiger partial charge in [0, 0.05) is 40.2 Å². The summed E-state index contributed by atoms with van der Waals surface area (Å²) < 4.78 is 0. The first-order chi connectivity index (χ1) is 17.5. The summed E-state index contributed by atoms with van der Waals surface area (Å²) in [7, 11) is 0. The Balaban J connectivity index is 1.08. The number of carbonyl (C=O) groups excluding carboxylic acids is 4. The van der Waals surface area contributed by atoms with Gasteiger partial charge in [0.15, 0.2) is 0 Å². The zero-order valence-corrected chi connectivity index (χ0v) is 20.6. The molecule has 4 heteroatoms. The molecule has 2 aromatic rings. The van der Waals surface area contributed by atoms with Crippen molar-refractivity contribution in [2.24, 2.45) is 47.3 Å². The van der Waals surface area contributed by atoms with E-state index in [0.717, 1.165) is 54.9 Å². The number of benzene rings is 2. The van der Waals surface area contributed by atoms with Crippen LogP contribution in [-0.2, 0) is 9.59 Å². The second-order valence-corrected chi connectivity index (χ2v) is 12.8. The molecule has 0 aromatic heterocycles. The van der Waals surface area contributed by atoms with Crippen LogP contribution in [0.2, 0.25) is 0 Å². The van der Waals surface area contributed by atoms with Gasteiger partial charge in [0.1, 0.15) is 11.6 Å². The molecule has 0 N–H and O–H groups in total. The minimum atomic E-state index is -0.396. The summed E-state index contributed by atoms with van der Waals surface area (Å²) in [4.78, 5) is 52.3. The number of rotatable bonds is 1. The SMILES string of the molecule is O=C1C(=O)c2cc(C3CCC4C(C3)C(=O)C3CC5C(CC34)C(=O)C3CCCCC35)cc3cccc1c23. The molecule has 5 saturated carbocycles. The highest BCUT2D eigenvalue weighted by Gasteiger charge is 2.60. The molecule has 9 unspecified atom stereocenters. The van der Waals surface area contributed by atoms with Crippen molar-refractivity contribution in [3.63, 3.8) is 0 Å². The van der Waals surface area contributed by atoms with Crippen LogP contribution < -0.4 is 0 Å². The highest BCUT2D eigenvalue weighted by Crippen LogP contribution is 2.61. The van der Waals surface area contributed by atoms with Crippen LogP contribution in [0.3, 0.4) is 0 Å². The van der Waals surface area contributed by atoms with Crippen LogP contribution in [0.4, 0.5) is 0 Å². The van der Waals surface area contributed by atoms with E-state index in [1.54, 1.807) is 6.07 Å². The summed E-state index contributed by atoms with van der Waals surface area (Å²) in [6, 6.07) is 9.70. The quantitative estimate of drug-likeness (QED) is 0.473. The van der Waals surface area contributed by atoms with E-state index in [1.165, 1.54) is 19.3 Å². The van der Waals surface area contributed by atoms with E-state index in [1.807, 2.05) is 18.2 Å². The van der Waals surface area contributed by atoms with Gasteiger partial charge >= 0.3 is 0 Å². The molecule has 4 nitrogen and oxygen atoms in total. The van der Waals surface area contributed by atoms with Crippen LogP contribution in [0.1, 0.15) is 90.0 Å². The highest BCUT2D eigenvalue weighted by molar-refractivity contribution is 6.57. The normalized spacial score (nSPS) is 40.8. The fourth-order valence-corrected chi connectivity index (χ4v) is 10.1. The average molecular weight is 481 g/mol. The average Bonchev–Trinajstić information content (AvgIpc) is 3.45. The minimum absolute atomic E-state index is 0.0859. The first kappa shape index (κ1) is 21.5. The molecule has 0 amide bonds. The lowest BCUT2D eigenvalue weighted by Gasteiger charge is -2.39. The maximum absolute atomic E-state index is 13.8. The van der Waals surface area contributed by atoms with Gasteiger partial charge in [-0.05, 0) is 91.6 Å². The first-order valence-corrected chi connectivity index (χ1v) is 14.2. The van der Waals surface area contributed by atoms with Gasteiger partial charge in [-0.2, -0.15) is 0 Å². The number of hydrogen-bond acceptors (Lipinski definition) is 4. The van der Waals surface area contributed by atoms with Gasteiger partial charge in [0.25, 0.3) is 0 Å². The van der Waals surface area contributed by atoms with Crippen molar-refractivity contribution in [3.05, 3.63) is 47.0 Å². The smallest absolute Gasteiger partial charge is 0.234 e. The second-order valence-electron chi connectivity index (χ2n) is 12.8. The Hall–Kier alpha value is -2.62. The Morgan fingerprint density at radius 2 is 1.25 bits per heavy atom. The number of ketones is 4. The van der Waals surface area contributed by atoms with Crippen molar-refractivity contribution in [1.29, 1.82) is 0 Å². The van der Waals surface area contributed by atoms with E-state index in [-0.39, 0.29) is 29.6 Å². The zero-order valence-electron chi connectivity index (χ0n) is 20.6. The molecule has 0 saturated heterocycles. The van der Waals surface area contributed by atoms with Crippen molar-refractivity contribution < 1.29 is 19.2 Å². The Labute approximate surface area is 211 Å². The number of hydrogen-bond donors (Lipinski definition) is 0. The summed E-state index contributed by atoms with van der Waals surface area (Å²) >= 11 is 0. The van der Waals surface area contributed by atoms with Crippen LogP contribution in [0.15, 0.2) is 30.3 Å². The molecule has 36 heavy (non-hydrogen) atoms. The lowest BCUT2D eigenvalue weighted by atomic mass is 9.64. The molecule has 6 aliphatic rings. The van der Waals surface area contributed by atoms with Crippen LogP contribution in [0, 0.1) is 47.3 Å². The van der Waals surface area contributed by atoms with E-state index in [9.17, 15) is 19.2 Å². The molecular weight excluding hydrogens is 448 g/mol. The summed E-state index contributed by atoms with van der Waals surface area (Å²) in [5, 5.41) is 1.76. The highest BCUT2D eigenvalue weighted by atomic mass is 16.2. The van der Waals surface area contributed by atoms with E-state index in [4.69, 9.17) is 0 Å². The number of Topliss-reactive ketones (excluding diaryl/α,β-unsaturated/α-hetero) is 4. The van der Waals surface area contributed by atoms with E-state index < -0.39 is 11.6 Å². The fourth-order valence-electron chi connectivity index (χ4n) is 10.1. The van der Waals surface area contributed by atoms with Crippen molar-refractivity contribution in [3.8, 4) is 0 Å². The van der Waals surface area contributed by atoms with E-state index >= 15 is 0 Å². The van der Waals surface area contributed by atoms with E-state index in [0.29, 0.717) is 46.4 Å². The summed E-state index contributed by atoms with van der Waals surface area (Å²) in [5.41, 5.74) is 2.18. The summed E-state index contributed by atoms with van der Waals surface area (Å²) in [6.45, 7) is 0. The third kappa shape index (κ3) is 2.71. The molecule has 0 heterocycles. The first-order valence-electron chi connectivity index (χ1n) is 14.2. The van der Waals surface area contributed by atoms with Gasteiger partial charge in [-0.25, -0.2) is 0 Å². The lowest BCUT2D eigenvalue weighted by Crippen LogP contribution is -2.35. The molecular formula is C32H32O4. The Kier molecular flexibility index (Phi) is 4.45. The molecule has 0 aliphatic heterocycles. The van der Waals surface area contributed by atoms with Crippen molar-refractivity contribution in [2.45, 2.75) is 63.7 Å². The molecule has 8 rings (SSSR count). The predicted octanol–water partition coefficient (Wildman–Crippen LogP) is 5.95. The van der Waals surface area contributed by atoms with Gasteiger partial charge in [-0.1, -0.05) is 37.1 Å². The molecule has 6 aliphatic carbocycles. The molecule has 0 bridgehead atoms. The minimum Gasteiger partial charge on any atom is -0.299 e. The summed E-state index contributed by atoms with van der Waals surface area (Å²) in [5.74, 6) is 3.01. The zero-order chi connectivity index (χ0) is 24.3. The van der Waals surface area contributed by atoms with Crippen LogP contribution >= 0.6 is 0 Å². The van der Waals surface area contributed by atoms with Gasteiger partial charge in [-0.15, -0.1) is 0 Å². The van der Waals surface area contributed by atoms with Crippen molar-refractivity contribution in [1.82, 2.24) is 0 Å². The Bertz CT molecular complexity index is 1370. The Morgan fingerprint density at radius 1 is 0.583 bits per heavy atom.